The smallest absolute Gasteiger partial charge is 0.366 e. The number of hydrogen-bond acceptors (Lipinski definition) is 3. The first kappa shape index (κ1) is 9.23. The molecule has 2 rings (SSSR count). The molecule has 1 saturated carbocycles. The van der Waals surface area contributed by atoms with E-state index in [9.17, 15) is 13.2 Å². The molecule has 1 aromatic rings. The lowest BCUT2D eigenvalue weighted by atomic mass is 10.4. The lowest BCUT2D eigenvalue weighted by molar-refractivity contribution is -0.141. The van der Waals surface area contributed by atoms with E-state index in [2.05, 4.69) is 15.5 Å². The van der Waals surface area contributed by atoms with E-state index in [1.807, 2.05) is 0 Å². The monoisotopic (exact) mass is 203 g/mol. The van der Waals surface area contributed by atoms with Crippen LogP contribution in [0.5, 0.6) is 0 Å². The number of nitrogens with one attached hydrogen (secondary N) is 1. The van der Waals surface area contributed by atoms with Crippen molar-refractivity contribution in [3.05, 3.63) is 17.8 Å². The van der Waals surface area contributed by atoms with E-state index in [4.69, 9.17) is 0 Å². The van der Waals surface area contributed by atoms with E-state index in [1.54, 1.807) is 0 Å². The molecule has 1 heterocycles. The fourth-order valence-corrected chi connectivity index (χ4v) is 0.997. The zero-order valence-electron chi connectivity index (χ0n) is 7.17. The van der Waals surface area contributed by atoms with Crippen LogP contribution >= 0.6 is 0 Å². The van der Waals surface area contributed by atoms with Crippen LogP contribution in [0.2, 0.25) is 0 Å². The zero-order valence-corrected chi connectivity index (χ0v) is 7.17. The van der Waals surface area contributed by atoms with Crippen LogP contribution in [-0.4, -0.2) is 16.2 Å². The van der Waals surface area contributed by atoms with Gasteiger partial charge in [-0.05, 0) is 25.0 Å². The van der Waals surface area contributed by atoms with Gasteiger partial charge in [0.25, 0.3) is 0 Å². The molecule has 0 atom stereocenters. The highest BCUT2D eigenvalue weighted by molar-refractivity contribution is 5.36. The molecular weight excluding hydrogens is 195 g/mol. The average molecular weight is 203 g/mol. The van der Waals surface area contributed by atoms with Crippen molar-refractivity contribution in [2.45, 2.75) is 25.1 Å². The highest BCUT2D eigenvalue weighted by Gasteiger charge is 2.33. The standard InChI is InChI=1S/C8H8F3N3/c9-8(10,11)6-3-4-7(14-13-6)12-5-1-2-5/h3-5H,1-2H2,(H,12,14). The molecule has 0 aliphatic heterocycles. The Hall–Kier alpha value is -1.33. The Kier molecular flexibility index (Phi) is 2.05. The molecule has 0 saturated heterocycles. The molecule has 1 aliphatic rings. The Labute approximate surface area is 78.3 Å². The molecule has 76 valence electrons. The van der Waals surface area contributed by atoms with Crippen LogP contribution < -0.4 is 5.32 Å². The molecule has 1 fully saturated rings. The SMILES string of the molecule is FC(F)(F)c1ccc(NC2CC2)nn1. The van der Waals surface area contributed by atoms with Gasteiger partial charge in [0.15, 0.2) is 5.69 Å². The quantitative estimate of drug-likeness (QED) is 0.799. The summed E-state index contributed by atoms with van der Waals surface area (Å²) in [5, 5.41) is 9.49. The van der Waals surface area contributed by atoms with E-state index < -0.39 is 11.9 Å². The second-order valence-electron chi connectivity index (χ2n) is 3.22. The molecule has 1 aromatic heterocycles. The van der Waals surface area contributed by atoms with Gasteiger partial charge in [-0.2, -0.15) is 13.2 Å². The van der Waals surface area contributed by atoms with Crippen LogP contribution in [0.25, 0.3) is 0 Å². The van der Waals surface area contributed by atoms with Crippen LogP contribution in [0, 0.1) is 0 Å². The summed E-state index contributed by atoms with van der Waals surface area (Å²) >= 11 is 0. The van der Waals surface area contributed by atoms with Gasteiger partial charge in [-0.15, -0.1) is 10.2 Å². The van der Waals surface area contributed by atoms with Gasteiger partial charge in [-0.25, -0.2) is 0 Å². The van der Waals surface area contributed by atoms with Gasteiger partial charge in [0.1, 0.15) is 5.82 Å². The summed E-state index contributed by atoms with van der Waals surface area (Å²) in [6, 6.07) is 2.59. The van der Waals surface area contributed by atoms with Gasteiger partial charge in [0.2, 0.25) is 0 Å². The lowest BCUT2D eigenvalue weighted by Crippen LogP contribution is -2.11. The third-order valence-corrected chi connectivity index (χ3v) is 1.88. The summed E-state index contributed by atoms with van der Waals surface area (Å²) in [7, 11) is 0. The van der Waals surface area contributed by atoms with Gasteiger partial charge in [0, 0.05) is 6.04 Å². The fraction of sp³-hybridized carbons (Fsp3) is 0.500. The van der Waals surface area contributed by atoms with E-state index in [-0.39, 0.29) is 0 Å². The van der Waals surface area contributed by atoms with Crippen LogP contribution in [0.3, 0.4) is 0 Å². The Morgan fingerprint density at radius 3 is 2.36 bits per heavy atom. The van der Waals surface area contributed by atoms with Crippen LogP contribution in [-0.2, 0) is 6.18 Å². The van der Waals surface area contributed by atoms with Crippen molar-refractivity contribution < 1.29 is 13.2 Å². The van der Waals surface area contributed by atoms with Crippen molar-refractivity contribution in [3.63, 3.8) is 0 Å². The Morgan fingerprint density at radius 2 is 1.93 bits per heavy atom. The zero-order chi connectivity index (χ0) is 10.2. The minimum atomic E-state index is -4.41. The highest BCUT2D eigenvalue weighted by Crippen LogP contribution is 2.28. The molecule has 1 N–H and O–H groups in total. The predicted molar refractivity (Wildman–Crippen MR) is 43.7 cm³/mol. The van der Waals surface area contributed by atoms with E-state index in [0.29, 0.717) is 11.9 Å². The molecule has 0 unspecified atom stereocenters. The summed E-state index contributed by atoms with van der Waals surface area (Å²) in [5.74, 6) is 0.403. The van der Waals surface area contributed by atoms with Crippen molar-refractivity contribution in [2.75, 3.05) is 5.32 Å². The molecule has 1 aliphatic carbocycles. The molecule has 0 bridgehead atoms. The van der Waals surface area contributed by atoms with Crippen LogP contribution in [0.4, 0.5) is 19.0 Å². The summed E-state index contributed by atoms with van der Waals surface area (Å²) in [6.07, 6.45) is -2.32. The van der Waals surface area contributed by atoms with Crippen molar-refractivity contribution in [1.29, 1.82) is 0 Å². The number of aromatic nitrogens is 2. The first-order valence-electron chi connectivity index (χ1n) is 4.23. The highest BCUT2D eigenvalue weighted by atomic mass is 19.4. The number of anilines is 1. The number of nitrogens with zero attached hydrogens (tertiary/aromatic N) is 2. The van der Waals surface area contributed by atoms with Gasteiger partial charge < -0.3 is 5.32 Å². The first-order chi connectivity index (χ1) is 6.55. The molecule has 0 aromatic carbocycles. The Morgan fingerprint density at radius 1 is 1.21 bits per heavy atom. The van der Waals surface area contributed by atoms with Crippen LogP contribution in [0.15, 0.2) is 12.1 Å². The minimum absolute atomic E-state index is 0.362. The van der Waals surface area contributed by atoms with Crippen molar-refractivity contribution >= 4 is 5.82 Å². The molecule has 6 heteroatoms. The van der Waals surface area contributed by atoms with Crippen LogP contribution in [0.1, 0.15) is 18.5 Å². The second kappa shape index (κ2) is 3.11. The maximum absolute atomic E-state index is 12.1. The number of rotatable bonds is 2. The van der Waals surface area contributed by atoms with Crippen molar-refractivity contribution in [1.82, 2.24) is 10.2 Å². The molecule has 0 amide bonds. The van der Waals surface area contributed by atoms with Gasteiger partial charge >= 0.3 is 6.18 Å². The van der Waals surface area contributed by atoms with E-state index in [0.717, 1.165) is 18.9 Å². The second-order valence-corrected chi connectivity index (χ2v) is 3.22. The maximum atomic E-state index is 12.1. The molecule has 0 spiro atoms. The van der Waals surface area contributed by atoms with E-state index in [1.165, 1.54) is 6.07 Å². The van der Waals surface area contributed by atoms with Gasteiger partial charge in [-0.3, -0.25) is 0 Å². The first-order valence-corrected chi connectivity index (χ1v) is 4.23. The predicted octanol–water partition coefficient (Wildman–Crippen LogP) is 2.07. The Balaban J connectivity index is 2.08. The average Bonchev–Trinajstić information content (AvgIpc) is 2.88. The topological polar surface area (TPSA) is 37.8 Å². The normalized spacial score (nSPS) is 16.8. The van der Waals surface area contributed by atoms with Crippen molar-refractivity contribution in [2.24, 2.45) is 0 Å². The van der Waals surface area contributed by atoms with Gasteiger partial charge in [-0.1, -0.05) is 0 Å². The van der Waals surface area contributed by atoms with Gasteiger partial charge in [0.05, 0.1) is 0 Å². The molecule has 3 nitrogen and oxygen atoms in total. The summed E-state index contributed by atoms with van der Waals surface area (Å²) in [4.78, 5) is 0. The fourth-order valence-electron chi connectivity index (χ4n) is 0.997. The largest absolute Gasteiger partial charge is 0.435 e. The number of halogens is 3. The number of hydrogen-bond donors (Lipinski definition) is 1. The number of alkyl halides is 3. The molecule has 14 heavy (non-hydrogen) atoms. The summed E-state index contributed by atoms with van der Waals surface area (Å²) in [6.45, 7) is 0. The molecule has 0 radical (unpaired) electrons. The third-order valence-electron chi connectivity index (χ3n) is 1.88. The third kappa shape index (κ3) is 2.12. The molecular formula is C8H8F3N3. The van der Waals surface area contributed by atoms with Crippen molar-refractivity contribution in [3.8, 4) is 0 Å². The summed E-state index contributed by atoms with van der Waals surface area (Å²) < 4.78 is 36.2. The minimum Gasteiger partial charge on any atom is -0.366 e. The van der Waals surface area contributed by atoms with E-state index >= 15 is 0 Å². The lowest BCUT2D eigenvalue weighted by Gasteiger charge is -2.05. The maximum Gasteiger partial charge on any atom is 0.435 e. The summed E-state index contributed by atoms with van der Waals surface area (Å²) in [5.41, 5.74) is -0.959. The Bertz CT molecular complexity index is 316.